The van der Waals surface area contributed by atoms with Crippen molar-refractivity contribution in [3.63, 3.8) is 0 Å². The zero-order chi connectivity index (χ0) is 16.9. The van der Waals surface area contributed by atoms with Crippen molar-refractivity contribution in [2.24, 2.45) is 11.7 Å². The smallest absolute Gasteiger partial charge is 0.223 e. The molecule has 0 aromatic heterocycles. The summed E-state index contributed by atoms with van der Waals surface area (Å²) >= 11 is 0. The number of likely N-dealkylation sites (tertiary alicyclic amines) is 1. The van der Waals surface area contributed by atoms with Gasteiger partial charge in [0.25, 0.3) is 0 Å². The topological polar surface area (TPSA) is 46.3 Å². The summed E-state index contributed by atoms with van der Waals surface area (Å²) in [5, 5.41) is 0. The van der Waals surface area contributed by atoms with Gasteiger partial charge >= 0.3 is 0 Å². The summed E-state index contributed by atoms with van der Waals surface area (Å²) in [6.07, 6.45) is 1.53. The Morgan fingerprint density at radius 3 is 2.04 bits per heavy atom. The number of benzene rings is 2. The molecule has 0 spiro atoms. The van der Waals surface area contributed by atoms with Gasteiger partial charge in [-0.3, -0.25) is 4.79 Å². The second-order valence-electron chi connectivity index (χ2n) is 6.81. The molecule has 134 valence electrons. The lowest BCUT2D eigenvalue weighted by atomic mass is 9.88. The number of nitrogens with two attached hydrogens (primary N) is 1. The largest absolute Gasteiger partial charge is 0.340 e. The molecule has 0 aliphatic carbocycles. The molecule has 1 amide bonds. The number of rotatable bonds is 5. The number of nitrogens with zero attached hydrogens (tertiary/aromatic N) is 1. The van der Waals surface area contributed by atoms with Gasteiger partial charge in [0.15, 0.2) is 0 Å². The molecule has 1 aliphatic heterocycles. The molecule has 1 fully saturated rings. The van der Waals surface area contributed by atoms with Crippen molar-refractivity contribution in [2.45, 2.75) is 31.7 Å². The van der Waals surface area contributed by atoms with Gasteiger partial charge in [0.2, 0.25) is 5.91 Å². The van der Waals surface area contributed by atoms with E-state index < -0.39 is 0 Å². The van der Waals surface area contributed by atoms with Crippen LogP contribution in [0.4, 0.5) is 0 Å². The Balaban J connectivity index is 0.00000225. The summed E-state index contributed by atoms with van der Waals surface area (Å²) in [6, 6.07) is 20.9. The van der Waals surface area contributed by atoms with Crippen LogP contribution in [0.5, 0.6) is 0 Å². The summed E-state index contributed by atoms with van der Waals surface area (Å²) in [5.74, 6) is 0.774. The van der Waals surface area contributed by atoms with Gasteiger partial charge in [0, 0.05) is 24.9 Å². The van der Waals surface area contributed by atoms with Crippen LogP contribution >= 0.6 is 12.4 Å². The number of carbonyl (C=O) groups excluding carboxylic acids is 1. The Hall–Kier alpha value is -1.84. The van der Waals surface area contributed by atoms with Gasteiger partial charge in [0.1, 0.15) is 0 Å². The van der Waals surface area contributed by atoms with E-state index in [1.54, 1.807) is 0 Å². The minimum absolute atomic E-state index is 0. The quantitative estimate of drug-likeness (QED) is 0.883. The highest BCUT2D eigenvalue weighted by molar-refractivity contribution is 5.85. The van der Waals surface area contributed by atoms with Gasteiger partial charge < -0.3 is 10.6 Å². The minimum Gasteiger partial charge on any atom is -0.340 e. The van der Waals surface area contributed by atoms with Crippen LogP contribution in [0.15, 0.2) is 60.7 Å². The first kappa shape index (κ1) is 19.5. The fraction of sp³-hybridized carbons (Fsp3) is 0.381. The molecule has 1 aliphatic rings. The van der Waals surface area contributed by atoms with Crippen molar-refractivity contribution in [3.05, 3.63) is 71.8 Å². The standard InChI is InChI=1S/C21H26N2O.ClH/c1-16-12-17(14-22)15-23(16)21(24)13-20(18-8-4-2-5-9-18)19-10-6-3-7-11-19;/h2-11,16-17,20H,12-15,22H2,1H3;1H. The number of hydrogen-bond acceptors (Lipinski definition) is 2. The maximum atomic E-state index is 13.0. The normalized spacial score (nSPS) is 19.7. The maximum absolute atomic E-state index is 13.0. The lowest BCUT2D eigenvalue weighted by molar-refractivity contribution is -0.132. The number of carbonyl (C=O) groups is 1. The molecular formula is C21H27ClN2O. The molecular weight excluding hydrogens is 332 g/mol. The number of amides is 1. The minimum atomic E-state index is 0. The van der Waals surface area contributed by atoms with E-state index in [0.717, 1.165) is 13.0 Å². The van der Waals surface area contributed by atoms with Gasteiger partial charge in [-0.15, -0.1) is 12.4 Å². The fourth-order valence-electron chi connectivity index (χ4n) is 3.75. The maximum Gasteiger partial charge on any atom is 0.223 e. The molecule has 1 heterocycles. The molecule has 0 saturated carbocycles. The van der Waals surface area contributed by atoms with E-state index >= 15 is 0 Å². The molecule has 2 aromatic carbocycles. The zero-order valence-corrected chi connectivity index (χ0v) is 15.5. The molecule has 2 N–H and O–H groups in total. The van der Waals surface area contributed by atoms with E-state index in [0.29, 0.717) is 24.9 Å². The van der Waals surface area contributed by atoms with Gasteiger partial charge in [-0.05, 0) is 36.9 Å². The van der Waals surface area contributed by atoms with E-state index in [9.17, 15) is 4.79 Å². The Labute approximate surface area is 156 Å². The monoisotopic (exact) mass is 358 g/mol. The molecule has 1 saturated heterocycles. The first-order valence-electron chi connectivity index (χ1n) is 8.78. The Bertz CT molecular complexity index is 623. The summed E-state index contributed by atoms with van der Waals surface area (Å²) in [7, 11) is 0. The third-order valence-electron chi connectivity index (χ3n) is 5.10. The molecule has 0 radical (unpaired) electrons. The molecule has 2 aromatic rings. The van der Waals surface area contributed by atoms with Gasteiger partial charge in [-0.2, -0.15) is 0 Å². The molecule has 0 bridgehead atoms. The van der Waals surface area contributed by atoms with E-state index in [2.05, 4.69) is 31.2 Å². The highest BCUT2D eigenvalue weighted by atomic mass is 35.5. The first-order valence-corrected chi connectivity index (χ1v) is 8.78. The summed E-state index contributed by atoms with van der Waals surface area (Å²) in [4.78, 5) is 15.0. The molecule has 2 unspecified atom stereocenters. The average molecular weight is 359 g/mol. The predicted molar refractivity (Wildman–Crippen MR) is 105 cm³/mol. The van der Waals surface area contributed by atoms with Crippen molar-refractivity contribution in [1.29, 1.82) is 0 Å². The molecule has 25 heavy (non-hydrogen) atoms. The van der Waals surface area contributed by atoms with E-state index in [1.165, 1.54) is 11.1 Å². The van der Waals surface area contributed by atoms with Crippen molar-refractivity contribution in [1.82, 2.24) is 4.90 Å². The van der Waals surface area contributed by atoms with Gasteiger partial charge in [0.05, 0.1) is 0 Å². The van der Waals surface area contributed by atoms with Crippen LogP contribution < -0.4 is 5.73 Å². The highest BCUT2D eigenvalue weighted by Gasteiger charge is 2.32. The van der Waals surface area contributed by atoms with E-state index in [-0.39, 0.29) is 24.2 Å². The van der Waals surface area contributed by atoms with E-state index in [4.69, 9.17) is 5.73 Å². The molecule has 4 heteroatoms. The summed E-state index contributed by atoms with van der Waals surface area (Å²) < 4.78 is 0. The van der Waals surface area contributed by atoms with Crippen molar-refractivity contribution in [3.8, 4) is 0 Å². The molecule has 2 atom stereocenters. The fourth-order valence-corrected chi connectivity index (χ4v) is 3.75. The zero-order valence-electron chi connectivity index (χ0n) is 14.7. The SMILES string of the molecule is CC1CC(CN)CN1C(=O)CC(c1ccccc1)c1ccccc1.Cl. The highest BCUT2D eigenvalue weighted by Crippen LogP contribution is 2.31. The van der Waals surface area contributed by atoms with Crippen LogP contribution in [-0.4, -0.2) is 29.9 Å². The van der Waals surface area contributed by atoms with Crippen molar-refractivity contribution >= 4 is 18.3 Å². The van der Waals surface area contributed by atoms with Gasteiger partial charge in [-0.25, -0.2) is 0 Å². The molecule has 3 nitrogen and oxygen atoms in total. The Kier molecular flexibility index (Phi) is 7.03. The van der Waals surface area contributed by atoms with Gasteiger partial charge in [-0.1, -0.05) is 60.7 Å². The predicted octanol–water partition coefficient (Wildman–Crippen LogP) is 3.83. The van der Waals surface area contributed by atoms with Crippen molar-refractivity contribution < 1.29 is 4.79 Å². The Morgan fingerprint density at radius 2 is 1.60 bits per heavy atom. The van der Waals surface area contributed by atoms with Crippen LogP contribution in [-0.2, 0) is 4.79 Å². The van der Waals surface area contributed by atoms with Crippen LogP contribution in [0.1, 0.15) is 36.8 Å². The lowest BCUT2D eigenvalue weighted by Gasteiger charge is -2.25. The van der Waals surface area contributed by atoms with Crippen LogP contribution in [0.25, 0.3) is 0 Å². The third-order valence-corrected chi connectivity index (χ3v) is 5.10. The van der Waals surface area contributed by atoms with Crippen molar-refractivity contribution in [2.75, 3.05) is 13.1 Å². The Morgan fingerprint density at radius 1 is 1.08 bits per heavy atom. The third kappa shape index (κ3) is 4.62. The second-order valence-corrected chi connectivity index (χ2v) is 6.81. The number of hydrogen-bond donors (Lipinski definition) is 1. The first-order chi connectivity index (χ1) is 11.7. The summed E-state index contributed by atoms with van der Waals surface area (Å²) in [6.45, 7) is 3.59. The van der Waals surface area contributed by atoms with Crippen LogP contribution in [0.3, 0.4) is 0 Å². The van der Waals surface area contributed by atoms with Crippen LogP contribution in [0, 0.1) is 5.92 Å². The average Bonchev–Trinajstić information content (AvgIpc) is 3.02. The number of halogens is 1. The summed E-state index contributed by atoms with van der Waals surface area (Å²) in [5.41, 5.74) is 8.19. The van der Waals surface area contributed by atoms with E-state index in [1.807, 2.05) is 41.3 Å². The lowest BCUT2D eigenvalue weighted by Crippen LogP contribution is -2.35. The molecule has 3 rings (SSSR count). The second kappa shape index (κ2) is 9.02. The van der Waals surface area contributed by atoms with Crippen LogP contribution in [0.2, 0.25) is 0 Å².